The summed E-state index contributed by atoms with van der Waals surface area (Å²) in [5, 5.41) is 11.0. The van der Waals surface area contributed by atoms with E-state index >= 15 is 0 Å². The highest BCUT2D eigenvalue weighted by Crippen LogP contribution is 2.33. The van der Waals surface area contributed by atoms with Gasteiger partial charge in [-0.25, -0.2) is 0 Å². The molecular weight excluding hydrogens is 250 g/mol. The zero-order chi connectivity index (χ0) is 13.2. The van der Waals surface area contributed by atoms with Gasteiger partial charge < -0.3 is 13.9 Å². The van der Waals surface area contributed by atoms with Crippen molar-refractivity contribution in [3.63, 3.8) is 0 Å². The summed E-state index contributed by atoms with van der Waals surface area (Å²) in [4.78, 5) is 10.5. The Balaban J connectivity index is 1.96. The van der Waals surface area contributed by atoms with Gasteiger partial charge in [-0.1, -0.05) is 12.1 Å². The predicted octanol–water partition coefficient (Wildman–Crippen LogP) is 2.90. The Morgan fingerprint density at radius 2 is 1.84 bits per heavy atom. The van der Waals surface area contributed by atoms with Gasteiger partial charge in [-0.15, -0.1) is 0 Å². The van der Waals surface area contributed by atoms with Crippen LogP contribution in [-0.4, -0.2) is 18.1 Å². The minimum Gasteiger partial charge on any atom is -0.455 e. The number of hydrogen-bond donors (Lipinski definition) is 0. The fourth-order valence-corrected chi connectivity index (χ4v) is 1.99. The molecule has 1 aliphatic heterocycles. The van der Waals surface area contributed by atoms with E-state index in [0.29, 0.717) is 30.3 Å². The zero-order valence-electron chi connectivity index (χ0n) is 9.94. The lowest BCUT2D eigenvalue weighted by atomic mass is 10.1. The van der Waals surface area contributed by atoms with E-state index < -0.39 is 11.2 Å². The summed E-state index contributed by atoms with van der Waals surface area (Å²) in [5.41, 5.74) is 0.452. The van der Waals surface area contributed by atoms with Crippen LogP contribution in [0, 0.1) is 10.1 Å². The lowest BCUT2D eigenvalue weighted by molar-refractivity contribution is -0.384. The molecular formula is C13H11NO5. The Bertz CT molecular complexity index is 601. The van der Waals surface area contributed by atoms with Gasteiger partial charge in [-0.05, 0) is 18.2 Å². The summed E-state index contributed by atoms with van der Waals surface area (Å²) in [7, 11) is 0. The molecule has 1 aromatic carbocycles. The SMILES string of the molecule is O=[N+]([O-])c1ccccc1-c1ccc(C2OCCO2)o1. The Labute approximate surface area is 108 Å². The molecule has 2 aromatic rings. The number of nitro groups is 1. The van der Waals surface area contributed by atoms with Crippen molar-refractivity contribution in [1.29, 1.82) is 0 Å². The minimum atomic E-state index is -0.517. The Hall–Kier alpha value is -2.18. The van der Waals surface area contributed by atoms with Crippen LogP contribution >= 0.6 is 0 Å². The normalized spacial score (nSPS) is 15.8. The molecule has 0 aliphatic carbocycles. The highest BCUT2D eigenvalue weighted by molar-refractivity contribution is 5.69. The van der Waals surface area contributed by atoms with Crippen LogP contribution in [-0.2, 0) is 9.47 Å². The van der Waals surface area contributed by atoms with Crippen molar-refractivity contribution >= 4 is 5.69 Å². The molecule has 0 amide bonds. The van der Waals surface area contributed by atoms with Crippen molar-refractivity contribution in [2.24, 2.45) is 0 Å². The smallest absolute Gasteiger partial charge is 0.280 e. The number of rotatable bonds is 3. The van der Waals surface area contributed by atoms with Gasteiger partial charge in [0.1, 0.15) is 5.76 Å². The van der Waals surface area contributed by atoms with Crippen LogP contribution in [0.15, 0.2) is 40.8 Å². The average Bonchev–Trinajstić information content (AvgIpc) is 3.09. The molecule has 1 fully saturated rings. The van der Waals surface area contributed by atoms with Gasteiger partial charge in [0.05, 0.1) is 23.7 Å². The molecule has 0 radical (unpaired) electrons. The molecule has 19 heavy (non-hydrogen) atoms. The molecule has 1 aliphatic rings. The summed E-state index contributed by atoms with van der Waals surface area (Å²) < 4.78 is 16.2. The van der Waals surface area contributed by atoms with E-state index in [1.165, 1.54) is 6.07 Å². The van der Waals surface area contributed by atoms with Gasteiger partial charge >= 0.3 is 0 Å². The van der Waals surface area contributed by atoms with Crippen LogP contribution in [0.2, 0.25) is 0 Å². The molecule has 1 saturated heterocycles. The predicted molar refractivity (Wildman–Crippen MR) is 65.4 cm³/mol. The zero-order valence-corrected chi connectivity index (χ0v) is 9.94. The molecule has 0 atom stereocenters. The maximum Gasteiger partial charge on any atom is 0.280 e. The number of hydrogen-bond acceptors (Lipinski definition) is 5. The maximum atomic E-state index is 11.0. The monoisotopic (exact) mass is 261 g/mol. The van der Waals surface area contributed by atoms with Crippen molar-refractivity contribution in [2.75, 3.05) is 13.2 Å². The lowest BCUT2D eigenvalue weighted by Crippen LogP contribution is -1.95. The summed E-state index contributed by atoms with van der Waals surface area (Å²) in [5.74, 6) is 0.951. The molecule has 0 N–H and O–H groups in total. The first-order chi connectivity index (χ1) is 9.25. The van der Waals surface area contributed by atoms with Gasteiger partial charge in [0, 0.05) is 6.07 Å². The number of ether oxygens (including phenoxy) is 2. The number of nitrogens with zero attached hydrogens (tertiary/aromatic N) is 1. The van der Waals surface area contributed by atoms with Crippen molar-refractivity contribution < 1.29 is 18.8 Å². The van der Waals surface area contributed by atoms with Gasteiger partial charge in [-0.3, -0.25) is 10.1 Å². The van der Waals surface area contributed by atoms with Gasteiger partial charge in [0.15, 0.2) is 5.76 Å². The minimum absolute atomic E-state index is 0.0108. The molecule has 0 saturated carbocycles. The molecule has 0 bridgehead atoms. The number of benzene rings is 1. The van der Waals surface area contributed by atoms with E-state index in [4.69, 9.17) is 13.9 Å². The fourth-order valence-electron chi connectivity index (χ4n) is 1.99. The third-order valence-electron chi connectivity index (χ3n) is 2.85. The first-order valence-electron chi connectivity index (χ1n) is 5.82. The number of nitro benzene ring substituents is 1. The van der Waals surface area contributed by atoms with E-state index in [1.54, 1.807) is 30.3 Å². The second-order valence-electron chi connectivity index (χ2n) is 4.05. The highest BCUT2D eigenvalue weighted by atomic mass is 16.7. The van der Waals surface area contributed by atoms with Crippen LogP contribution < -0.4 is 0 Å². The van der Waals surface area contributed by atoms with Crippen molar-refractivity contribution in [3.05, 3.63) is 52.3 Å². The summed E-state index contributed by atoms with van der Waals surface area (Å²) in [6, 6.07) is 9.84. The third-order valence-corrected chi connectivity index (χ3v) is 2.85. The molecule has 98 valence electrons. The maximum absolute atomic E-state index is 11.0. The van der Waals surface area contributed by atoms with E-state index in [-0.39, 0.29) is 5.69 Å². The van der Waals surface area contributed by atoms with E-state index in [1.807, 2.05) is 0 Å². The molecule has 6 nitrogen and oxygen atoms in total. The standard InChI is InChI=1S/C13H11NO5/c15-14(16)10-4-2-1-3-9(10)11-5-6-12(19-11)13-17-7-8-18-13/h1-6,13H,7-8H2. The number of furan rings is 1. The van der Waals surface area contributed by atoms with Gasteiger partial charge in [0.25, 0.3) is 5.69 Å². The molecule has 0 spiro atoms. The van der Waals surface area contributed by atoms with Crippen LogP contribution in [0.25, 0.3) is 11.3 Å². The van der Waals surface area contributed by atoms with E-state index in [0.717, 1.165) is 0 Å². The van der Waals surface area contributed by atoms with Crippen LogP contribution in [0.5, 0.6) is 0 Å². The average molecular weight is 261 g/mol. The first kappa shape index (κ1) is 11.9. The topological polar surface area (TPSA) is 74.7 Å². The van der Waals surface area contributed by atoms with Crippen molar-refractivity contribution in [1.82, 2.24) is 0 Å². The third kappa shape index (κ3) is 2.23. The summed E-state index contributed by atoms with van der Waals surface area (Å²) in [6.07, 6.45) is -0.517. The van der Waals surface area contributed by atoms with Crippen molar-refractivity contribution in [3.8, 4) is 11.3 Å². The Morgan fingerprint density at radius 3 is 2.58 bits per heavy atom. The van der Waals surface area contributed by atoms with Crippen LogP contribution in [0.1, 0.15) is 12.1 Å². The van der Waals surface area contributed by atoms with Gasteiger partial charge in [-0.2, -0.15) is 0 Å². The van der Waals surface area contributed by atoms with Gasteiger partial charge in [0.2, 0.25) is 6.29 Å². The molecule has 2 heterocycles. The largest absolute Gasteiger partial charge is 0.455 e. The summed E-state index contributed by atoms with van der Waals surface area (Å²) in [6.45, 7) is 1.04. The Kier molecular flexibility index (Phi) is 3.02. The fraction of sp³-hybridized carbons (Fsp3) is 0.231. The first-order valence-corrected chi connectivity index (χ1v) is 5.82. The second kappa shape index (κ2) is 4.83. The molecule has 1 aromatic heterocycles. The number of para-hydroxylation sites is 1. The second-order valence-corrected chi connectivity index (χ2v) is 4.05. The summed E-state index contributed by atoms with van der Waals surface area (Å²) >= 11 is 0. The van der Waals surface area contributed by atoms with Crippen molar-refractivity contribution in [2.45, 2.75) is 6.29 Å². The van der Waals surface area contributed by atoms with Crippen LogP contribution in [0.3, 0.4) is 0 Å². The molecule has 6 heteroatoms. The molecule has 0 unspecified atom stereocenters. The lowest BCUT2D eigenvalue weighted by Gasteiger charge is -2.04. The van der Waals surface area contributed by atoms with E-state index in [2.05, 4.69) is 0 Å². The quantitative estimate of drug-likeness (QED) is 0.627. The van der Waals surface area contributed by atoms with Crippen LogP contribution in [0.4, 0.5) is 5.69 Å². The van der Waals surface area contributed by atoms with E-state index in [9.17, 15) is 10.1 Å². The molecule has 3 rings (SSSR count). The Morgan fingerprint density at radius 1 is 1.11 bits per heavy atom. The highest BCUT2D eigenvalue weighted by Gasteiger charge is 2.24.